The molecule has 1 saturated heterocycles. The summed E-state index contributed by atoms with van der Waals surface area (Å²) in [6.45, 7) is 4.52. The number of rotatable bonds is 4. The van der Waals surface area contributed by atoms with E-state index in [0.717, 1.165) is 39.0 Å². The molecule has 0 unspecified atom stereocenters. The average Bonchev–Trinajstić information content (AvgIpc) is 2.99. The molecule has 0 aromatic carbocycles. The van der Waals surface area contributed by atoms with Crippen LogP contribution in [0.3, 0.4) is 0 Å². The lowest BCUT2D eigenvalue weighted by atomic mass is 9.60. The van der Waals surface area contributed by atoms with E-state index >= 15 is 0 Å². The third-order valence-corrected chi connectivity index (χ3v) is 5.93. The minimum absolute atomic E-state index is 0.277. The highest BCUT2D eigenvalue weighted by Gasteiger charge is 2.56. The van der Waals surface area contributed by atoms with Crippen LogP contribution in [0.2, 0.25) is 0 Å². The van der Waals surface area contributed by atoms with Crippen molar-refractivity contribution in [3.63, 3.8) is 0 Å². The van der Waals surface area contributed by atoms with Crippen molar-refractivity contribution in [3.05, 3.63) is 0 Å². The first kappa shape index (κ1) is 15.1. The van der Waals surface area contributed by atoms with E-state index in [1.807, 2.05) is 0 Å². The molecule has 2 atom stereocenters. The van der Waals surface area contributed by atoms with Crippen LogP contribution in [-0.2, 0) is 4.74 Å². The molecule has 1 heterocycles. The number of hydrogen-bond donors (Lipinski definition) is 2. The van der Waals surface area contributed by atoms with Gasteiger partial charge >= 0.3 is 6.03 Å². The second-order valence-corrected chi connectivity index (χ2v) is 6.94. The van der Waals surface area contributed by atoms with Crippen molar-refractivity contribution in [2.45, 2.75) is 70.1 Å². The molecule has 2 aliphatic carbocycles. The molecule has 3 rings (SSSR count). The number of ether oxygens (including phenoxy) is 1. The van der Waals surface area contributed by atoms with Gasteiger partial charge < -0.3 is 20.7 Å². The summed E-state index contributed by atoms with van der Waals surface area (Å²) in [7, 11) is 0. The van der Waals surface area contributed by atoms with Crippen molar-refractivity contribution in [2.24, 2.45) is 11.1 Å². The van der Waals surface area contributed by atoms with Crippen LogP contribution >= 0.6 is 0 Å². The quantitative estimate of drug-likeness (QED) is 0.832. The maximum Gasteiger partial charge on any atom is 0.314 e. The van der Waals surface area contributed by atoms with Gasteiger partial charge in [0, 0.05) is 37.2 Å². The van der Waals surface area contributed by atoms with E-state index in [0.29, 0.717) is 23.6 Å². The highest BCUT2D eigenvalue weighted by molar-refractivity contribution is 5.72. The number of carbonyl (C=O) groups is 1. The topological polar surface area (TPSA) is 67.6 Å². The lowest BCUT2D eigenvalue weighted by Gasteiger charge is -2.55. The van der Waals surface area contributed by atoms with Gasteiger partial charge in [-0.25, -0.2) is 4.79 Å². The van der Waals surface area contributed by atoms with Gasteiger partial charge in [0.15, 0.2) is 0 Å². The Morgan fingerprint density at radius 3 is 2.57 bits per heavy atom. The summed E-state index contributed by atoms with van der Waals surface area (Å²) in [6, 6.07) is 0.869. The second kappa shape index (κ2) is 6.13. The number of nitrogens with one attached hydrogen (secondary N) is 1. The van der Waals surface area contributed by atoms with Crippen molar-refractivity contribution in [3.8, 4) is 0 Å². The fraction of sp³-hybridized carbons (Fsp3) is 0.938. The van der Waals surface area contributed by atoms with Crippen LogP contribution in [0.25, 0.3) is 0 Å². The molecule has 3 aliphatic rings. The highest BCUT2D eigenvalue weighted by atomic mass is 16.5. The Labute approximate surface area is 127 Å². The Morgan fingerprint density at radius 1 is 1.33 bits per heavy atom. The van der Waals surface area contributed by atoms with Crippen LogP contribution in [-0.4, -0.2) is 48.8 Å². The highest BCUT2D eigenvalue weighted by Crippen LogP contribution is 2.55. The summed E-state index contributed by atoms with van der Waals surface area (Å²) in [5, 5.41) is 3.88. The predicted molar refractivity (Wildman–Crippen MR) is 82.0 cm³/mol. The zero-order chi connectivity index (χ0) is 14.9. The summed E-state index contributed by atoms with van der Waals surface area (Å²) in [5.74, 6) is 0. The summed E-state index contributed by atoms with van der Waals surface area (Å²) >= 11 is 0. The normalized spacial score (nSPS) is 32.3. The minimum Gasteiger partial charge on any atom is -0.378 e. The molecular formula is C16H29N3O2. The summed E-state index contributed by atoms with van der Waals surface area (Å²) in [5.41, 5.74) is 5.75. The smallest absolute Gasteiger partial charge is 0.314 e. The van der Waals surface area contributed by atoms with Crippen LogP contribution in [0.5, 0.6) is 0 Å². The van der Waals surface area contributed by atoms with Crippen molar-refractivity contribution >= 4 is 6.03 Å². The van der Waals surface area contributed by atoms with Crippen molar-refractivity contribution in [1.82, 2.24) is 10.2 Å². The van der Waals surface area contributed by atoms with Crippen LogP contribution in [0.1, 0.15) is 51.9 Å². The monoisotopic (exact) mass is 295 g/mol. The molecule has 0 radical (unpaired) electrons. The summed E-state index contributed by atoms with van der Waals surface area (Å²) < 4.78 is 5.97. The van der Waals surface area contributed by atoms with Gasteiger partial charge in [-0.1, -0.05) is 12.8 Å². The number of urea groups is 1. The number of amides is 2. The zero-order valence-electron chi connectivity index (χ0n) is 13.1. The number of likely N-dealkylation sites (tertiary alicyclic amines) is 1. The number of hydrogen-bond acceptors (Lipinski definition) is 3. The van der Waals surface area contributed by atoms with Crippen LogP contribution in [0.4, 0.5) is 4.79 Å². The van der Waals surface area contributed by atoms with E-state index in [9.17, 15) is 4.79 Å². The van der Waals surface area contributed by atoms with Gasteiger partial charge in [0.25, 0.3) is 0 Å². The van der Waals surface area contributed by atoms with Gasteiger partial charge in [-0.05, 0) is 39.0 Å². The maximum absolute atomic E-state index is 11.2. The molecule has 0 bridgehead atoms. The summed E-state index contributed by atoms with van der Waals surface area (Å²) in [6.07, 6.45) is 9.00. The lowest BCUT2D eigenvalue weighted by Crippen LogP contribution is -2.65. The lowest BCUT2D eigenvalue weighted by molar-refractivity contribution is -0.133. The standard InChI is InChI=1S/C16H29N3O2/c1-2-21-14-11-13(16(14)7-3-4-8-16)18-12-5-9-19(10-6-12)15(17)20/h12-14,18H,2-11H2,1H3,(H2,17,20)/t13-,14-/m1/s1. The first-order chi connectivity index (χ1) is 10.2. The third-order valence-electron chi connectivity index (χ3n) is 5.93. The van der Waals surface area contributed by atoms with Gasteiger partial charge in [-0.3, -0.25) is 0 Å². The van der Waals surface area contributed by atoms with E-state index in [1.54, 1.807) is 4.90 Å². The number of nitrogens with two attached hydrogens (primary N) is 1. The van der Waals surface area contributed by atoms with Gasteiger partial charge in [0.05, 0.1) is 6.10 Å². The fourth-order valence-electron chi connectivity index (χ4n) is 4.67. The van der Waals surface area contributed by atoms with Crippen molar-refractivity contribution < 1.29 is 9.53 Å². The van der Waals surface area contributed by atoms with E-state index in [2.05, 4.69) is 12.2 Å². The fourth-order valence-corrected chi connectivity index (χ4v) is 4.67. The Hall–Kier alpha value is -0.810. The largest absolute Gasteiger partial charge is 0.378 e. The number of carbonyl (C=O) groups excluding carboxylic acids is 1. The van der Waals surface area contributed by atoms with Crippen LogP contribution < -0.4 is 11.1 Å². The maximum atomic E-state index is 11.2. The molecule has 3 fully saturated rings. The van der Waals surface area contributed by atoms with Gasteiger partial charge in [0.1, 0.15) is 0 Å². The van der Waals surface area contributed by atoms with Gasteiger partial charge in [-0.15, -0.1) is 0 Å². The molecule has 1 aliphatic heterocycles. The molecule has 3 N–H and O–H groups in total. The molecule has 0 aromatic heterocycles. The zero-order valence-corrected chi connectivity index (χ0v) is 13.1. The Kier molecular flexibility index (Phi) is 4.41. The van der Waals surface area contributed by atoms with E-state index in [-0.39, 0.29) is 6.03 Å². The first-order valence-corrected chi connectivity index (χ1v) is 8.58. The van der Waals surface area contributed by atoms with Crippen molar-refractivity contribution in [1.29, 1.82) is 0 Å². The molecule has 5 heteroatoms. The molecule has 21 heavy (non-hydrogen) atoms. The van der Waals surface area contributed by atoms with Crippen LogP contribution in [0, 0.1) is 5.41 Å². The SMILES string of the molecule is CCO[C@@H]1C[C@@H](NC2CCN(C(N)=O)CC2)C12CCCC2. The third kappa shape index (κ3) is 2.78. The van der Waals surface area contributed by atoms with Crippen LogP contribution in [0.15, 0.2) is 0 Å². The number of nitrogens with zero attached hydrogens (tertiary/aromatic N) is 1. The predicted octanol–water partition coefficient (Wildman–Crippen LogP) is 1.86. The molecule has 2 amide bonds. The molecule has 1 spiro atoms. The van der Waals surface area contributed by atoms with Crippen molar-refractivity contribution in [2.75, 3.05) is 19.7 Å². The molecule has 5 nitrogen and oxygen atoms in total. The average molecular weight is 295 g/mol. The Balaban J connectivity index is 1.53. The second-order valence-electron chi connectivity index (χ2n) is 6.94. The van der Waals surface area contributed by atoms with E-state index < -0.39 is 0 Å². The molecular weight excluding hydrogens is 266 g/mol. The molecule has 0 aromatic rings. The van der Waals surface area contributed by atoms with Gasteiger partial charge in [0.2, 0.25) is 0 Å². The minimum atomic E-state index is -0.277. The van der Waals surface area contributed by atoms with E-state index in [1.165, 1.54) is 25.7 Å². The Bertz CT molecular complexity index is 374. The number of primary amides is 1. The van der Waals surface area contributed by atoms with E-state index in [4.69, 9.17) is 10.5 Å². The van der Waals surface area contributed by atoms with Gasteiger partial charge in [-0.2, -0.15) is 0 Å². The number of piperidine rings is 1. The molecule has 120 valence electrons. The Morgan fingerprint density at radius 2 is 2.00 bits per heavy atom. The molecule has 2 saturated carbocycles. The summed E-state index contributed by atoms with van der Waals surface area (Å²) in [4.78, 5) is 12.9. The first-order valence-electron chi connectivity index (χ1n) is 8.58.